The number of hydrogen-bond acceptors (Lipinski definition) is 2. The van der Waals surface area contributed by atoms with Gasteiger partial charge < -0.3 is 10.1 Å². The molecule has 84 valence electrons. The lowest BCUT2D eigenvalue weighted by Gasteiger charge is -2.19. The van der Waals surface area contributed by atoms with E-state index in [9.17, 15) is 4.79 Å². The molecular weight excluding hydrogens is 190 g/mol. The van der Waals surface area contributed by atoms with Gasteiger partial charge >= 0.3 is 0 Å². The molecule has 0 bridgehead atoms. The highest BCUT2D eigenvalue weighted by atomic mass is 16.5. The third-order valence-electron chi connectivity index (χ3n) is 3.15. The fraction of sp³-hybridized carbons (Fsp3) is 0.750. The Bertz CT molecular complexity index is 282. The molecule has 1 saturated heterocycles. The van der Waals surface area contributed by atoms with Crippen LogP contribution >= 0.6 is 0 Å². The van der Waals surface area contributed by atoms with Crippen LogP contribution < -0.4 is 5.32 Å². The highest BCUT2D eigenvalue weighted by Gasteiger charge is 2.41. The van der Waals surface area contributed by atoms with Crippen LogP contribution in [0.4, 0.5) is 0 Å². The molecule has 5 unspecified atom stereocenters. The summed E-state index contributed by atoms with van der Waals surface area (Å²) in [6.07, 6.45) is 5.33. The standard InChI is InChI=1S/C12H19NO2/c1-6-7(2)13-12(14)11-8(3)9(4)15-10(11)5/h1,7-11H,2-5H3,(H,13,14). The molecule has 1 N–H and O–H groups in total. The average Bonchev–Trinajstić information content (AvgIpc) is 2.41. The van der Waals surface area contributed by atoms with E-state index in [-0.39, 0.29) is 36.0 Å². The summed E-state index contributed by atoms with van der Waals surface area (Å²) in [6, 6.07) is -0.215. The first-order valence-corrected chi connectivity index (χ1v) is 5.39. The van der Waals surface area contributed by atoms with Crippen LogP contribution in [0.1, 0.15) is 27.7 Å². The number of carbonyl (C=O) groups excluding carboxylic acids is 1. The molecule has 1 aliphatic rings. The van der Waals surface area contributed by atoms with E-state index in [1.807, 2.05) is 20.8 Å². The maximum atomic E-state index is 11.9. The summed E-state index contributed by atoms with van der Waals surface area (Å²) in [5.41, 5.74) is 0. The smallest absolute Gasteiger partial charge is 0.227 e. The van der Waals surface area contributed by atoms with Crippen molar-refractivity contribution >= 4 is 5.91 Å². The number of ether oxygens (including phenoxy) is 1. The van der Waals surface area contributed by atoms with Gasteiger partial charge in [-0.1, -0.05) is 12.8 Å². The number of terminal acetylenes is 1. The van der Waals surface area contributed by atoms with Crippen LogP contribution in [-0.4, -0.2) is 24.2 Å². The number of amides is 1. The van der Waals surface area contributed by atoms with Crippen molar-refractivity contribution in [3.8, 4) is 12.3 Å². The third kappa shape index (κ3) is 2.51. The zero-order chi connectivity index (χ0) is 11.6. The molecule has 0 radical (unpaired) electrons. The molecule has 1 aliphatic heterocycles. The summed E-state index contributed by atoms with van der Waals surface area (Å²) in [5, 5.41) is 2.80. The average molecular weight is 209 g/mol. The number of rotatable bonds is 2. The summed E-state index contributed by atoms with van der Waals surface area (Å²) in [5.74, 6) is 2.65. The summed E-state index contributed by atoms with van der Waals surface area (Å²) < 4.78 is 5.61. The largest absolute Gasteiger partial charge is 0.374 e. The lowest BCUT2D eigenvalue weighted by molar-refractivity contribution is -0.127. The predicted molar refractivity (Wildman–Crippen MR) is 59.1 cm³/mol. The minimum absolute atomic E-state index is 0.00444. The zero-order valence-electron chi connectivity index (χ0n) is 9.78. The third-order valence-corrected chi connectivity index (χ3v) is 3.15. The molecule has 0 saturated carbocycles. The van der Waals surface area contributed by atoms with Crippen molar-refractivity contribution < 1.29 is 9.53 Å². The Morgan fingerprint density at radius 3 is 2.40 bits per heavy atom. The van der Waals surface area contributed by atoms with E-state index < -0.39 is 0 Å². The Morgan fingerprint density at radius 2 is 2.00 bits per heavy atom. The monoisotopic (exact) mass is 209 g/mol. The van der Waals surface area contributed by atoms with E-state index >= 15 is 0 Å². The van der Waals surface area contributed by atoms with Crippen LogP contribution in [-0.2, 0) is 9.53 Å². The van der Waals surface area contributed by atoms with E-state index in [2.05, 4.69) is 11.2 Å². The van der Waals surface area contributed by atoms with Gasteiger partial charge in [0.1, 0.15) is 0 Å². The van der Waals surface area contributed by atoms with Gasteiger partial charge in [0.05, 0.1) is 24.2 Å². The molecule has 3 heteroatoms. The van der Waals surface area contributed by atoms with Gasteiger partial charge in [-0.25, -0.2) is 0 Å². The highest BCUT2D eigenvalue weighted by molar-refractivity contribution is 5.80. The van der Waals surface area contributed by atoms with Gasteiger partial charge in [0, 0.05) is 0 Å². The van der Waals surface area contributed by atoms with Crippen molar-refractivity contribution in [2.75, 3.05) is 0 Å². The number of nitrogens with one attached hydrogen (secondary N) is 1. The van der Waals surface area contributed by atoms with Crippen molar-refractivity contribution in [3.63, 3.8) is 0 Å². The molecule has 0 aliphatic carbocycles. The van der Waals surface area contributed by atoms with Crippen LogP contribution in [0.2, 0.25) is 0 Å². The van der Waals surface area contributed by atoms with E-state index in [0.717, 1.165) is 0 Å². The van der Waals surface area contributed by atoms with Gasteiger partial charge in [0.15, 0.2) is 0 Å². The van der Waals surface area contributed by atoms with E-state index in [0.29, 0.717) is 0 Å². The number of carbonyl (C=O) groups is 1. The van der Waals surface area contributed by atoms with Gasteiger partial charge in [0.25, 0.3) is 0 Å². The second-order valence-electron chi connectivity index (χ2n) is 4.33. The molecule has 1 rings (SSSR count). The van der Waals surface area contributed by atoms with Crippen LogP contribution in [0.25, 0.3) is 0 Å². The first-order valence-electron chi connectivity index (χ1n) is 5.39. The van der Waals surface area contributed by atoms with E-state index in [1.54, 1.807) is 6.92 Å². The van der Waals surface area contributed by atoms with Crippen LogP contribution in [0, 0.1) is 24.2 Å². The summed E-state index contributed by atoms with van der Waals surface area (Å²) in [6.45, 7) is 7.77. The maximum absolute atomic E-state index is 11.9. The van der Waals surface area contributed by atoms with Crippen LogP contribution in [0.5, 0.6) is 0 Å². The lowest BCUT2D eigenvalue weighted by atomic mass is 9.88. The minimum atomic E-state index is -0.215. The van der Waals surface area contributed by atoms with Crippen LogP contribution in [0.3, 0.4) is 0 Å². The van der Waals surface area contributed by atoms with Gasteiger partial charge in [0.2, 0.25) is 5.91 Å². The summed E-state index contributed by atoms with van der Waals surface area (Å²) in [4.78, 5) is 11.9. The fourth-order valence-electron chi connectivity index (χ4n) is 2.07. The molecule has 0 aromatic heterocycles. The second kappa shape index (κ2) is 4.67. The van der Waals surface area contributed by atoms with Gasteiger partial charge in [-0.05, 0) is 26.7 Å². The minimum Gasteiger partial charge on any atom is -0.374 e. The van der Waals surface area contributed by atoms with Crippen molar-refractivity contribution in [1.82, 2.24) is 5.32 Å². The molecule has 3 nitrogen and oxygen atoms in total. The predicted octanol–water partition coefficient (Wildman–Crippen LogP) is 1.18. The quantitative estimate of drug-likeness (QED) is 0.694. The van der Waals surface area contributed by atoms with Gasteiger partial charge in [-0.2, -0.15) is 0 Å². The molecule has 1 fully saturated rings. The SMILES string of the molecule is C#CC(C)NC(=O)C1C(C)OC(C)C1C. The molecule has 0 aromatic carbocycles. The molecule has 5 atom stereocenters. The maximum Gasteiger partial charge on any atom is 0.227 e. The van der Waals surface area contributed by atoms with E-state index in [1.165, 1.54) is 0 Å². The van der Waals surface area contributed by atoms with E-state index in [4.69, 9.17) is 11.2 Å². The molecule has 1 heterocycles. The summed E-state index contributed by atoms with van der Waals surface area (Å²) in [7, 11) is 0. The lowest BCUT2D eigenvalue weighted by Crippen LogP contribution is -2.41. The molecular formula is C12H19NO2. The van der Waals surface area contributed by atoms with Crippen molar-refractivity contribution in [2.24, 2.45) is 11.8 Å². The highest BCUT2D eigenvalue weighted by Crippen LogP contribution is 2.32. The van der Waals surface area contributed by atoms with Crippen molar-refractivity contribution in [1.29, 1.82) is 0 Å². The Balaban J connectivity index is 2.64. The van der Waals surface area contributed by atoms with Crippen molar-refractivity contribution in [2.45, 2.75) is 45.9 Å². The molecule has 15 heavy (non-hydrogen) atoms. The van der Waals surface area contributed by atoms with Crippen LogP contribution in [0.15, 0.2) is 0 Å². The fourth-order valence-corrected chi connectivity index (χ4v) is 2.07. The topological polar surface area (TPSA) is 38.3 Å². The Hall–Kier alpha value is -1.01. The van der Waals surface area contributed by atoms with Gasteiger partial charge in [-0.3, -0.25) is 4.79 Å². The summed E-state index contributed by atoms with van der Waals surface area (Å²) >= 11 is 0. The normalized spacial score (nSPS) is 37.0. The molecule has 0 spiro atoms. The Kier molecular flexibility index (Phi) is 3.76. The second-order valence-corrected chi connectivity index (χ2v) is 4.33. The van der Waals surface area contributed by atoms with Gasteiger partial charge in [-0.15, -0.1) is 6.42 Å². The first-order chi connectivity index (χ1) is 6.97. The molecule has 0 aromatic rings. The Labute approximate surface area is 91.6 Å². The van der Waals surface area contributed by atoms with Crippen molar-refractivity contribution in [3.05, 3.63) is 0 Å². The zero-order valence-corrected chi connectivity index (χ0v) is 9.78. The Morgan fingerprint density at radius 1 is 1.40 bits per heavy atom. The first kappa shape index (κ1) is 12.1. The number of hydrogen-bond donors (Lipinski definition) is 1. The molecule has 1 amide bonds.